The fraction of sp³-hybridized carbons (Fsp3) is 0.875. The monoisotopic (exact) mass is 446 g/mol. The summed E-state index contributed by atoms with van der Waals surface area (Å²) in [5.74, 6) is -1.21. The standard InChI is InChI=1S/C24H46O5S/c1-2-3-4-5-6-7-8-9-10-11-12-13-14-15-16-17-24(29)30(20-18-22(25)26)21-19-23(27)28/h30H,2-21H2,1H3,(H,25,26)(H,27,28). The van der Waals surface area contributed by atoms with E-state index in [0.717, 1.165) is 19.3 Å². The molecule has 0 unspecified atom stereocenters. The molecule has 0 radical (unpaired) electrons. The summed E-state index contributed by atoms with van der Waals surface area (Å²) in [6, 6.07) is 0. The van der Waals surface area contributed by atoms with Gasteiger partial charge in [-0.2, -0.15) is 10.9 Å². The molecule has 0 spiro atoms. The maximum Gasteiger partial charge on any atom is 0.304 e. The van der Waals surface area contributed by atoms with Crippen LogP contribution in [0, 0.1) is 0 Å². The highest BCUT2D eigenvalue weighted by Gasteiger charge is 2.16. The number of carbonyl (C=O) groups is 3. The molecule has 0 aliphatic rings. The Morgan fingerprint density at radius 2 is 0.867 bits per heavy atom. The van der Waals surface area contributed by atoms with Crippen molar-refractivity contribution in [1.82, 2.24) is 0 Å². The van der Waals surface area contributed by atoms with E-state index in [1.165, 1.54) is 77.0 Å². The van der Waals surface area contributed by atoms with E-state index in [2.05, 4.69) is 6.92 Å². The van der Waals surface area contributed by atoms with Crippen molar-refractivity contribution in [3.05, 3.63) is 0 Å². The lowest BCUT2D eigenvalue weighted by Crippen LogP contribution is -2.12. The molecule has 5 nitrogen and oxygen atoms in total. The summed E-state index contributed by atoms with van der Waals surface area (Å²) in [5, 5.41) is 17.7. The third-order valence-corrected chi connectivity index (χ3v) is 7.99. The lowest BCUT2D eigenvalue weighted by molar-refractivity contribution is -0.137. The maximum atomic E-state index is 12.3. The fourth-order valence-corrected chi connectivity index (χ4v) is 5.75. The second kappa shape index (κ2) is 21.2. The van der Waals surface area contributed by atoms with Crippen molar-refractivity contribution in [2.45, 2.75) is 122 Å². The van der Waals surface area contributed by atoms with E-state index in [-0.39, 0.29) is 18.0 Å². The van der Waals surface area contributed by atoms with E-state index < -0.39 is 22.8 Å². The van der Waals surface area contributed by atoms with E-state index in [1.807, 2.05) is 0 Å². The summed E-state index contributed by atoms with van der Waals surface area (Å²) in [6.07, 6.45) is 19.6. The zero-order valence-corrected chi connectivity index (χ0v) is 20.1. The Bertz CT molecular complexity index is 435. The number of carboxylic acid groups (broad SMARTS) is 2. The summed E-state index contributed by atoms with van der Waals surface area (Å²) < 4.78 is 0. The first-order valence-corrected chi connectivity index (χ1v) is 13.9. The van der Waals surface area contributed by atoms with E-state index in [9.17, 15) is 14.4 Å². The Morgan fingerprint density at radius 1 is 0.533 bits per heavy atom. The molecular formula is C24H46O5S. The van der Waals surface area contributed by atoms with Crippen LogP contribution >= 0.6 is 10.9 Å². The Balaban J connectivity index is 3.60. The van der Waals surface area contributed by atoms with Crippen LogP contribution in [0.5, 0.6) is 0 Å². The molecule has 0 aromatic heterocycles. The van der Waals surface area contributed by atoms with Gasteiger partial charge in [-0.05, 0) is 17.9 Å². The maximum absolute atomic E-state index is 12.3. The molecule has 0 aliphatic heterocycles. The van der Waals surface area contributed by atoms with Crippen molar-refractivity contribution in [2.24, 2.45) is 0 Å². The molecule has 0 aromatic carbocycles. The third-order valence-electron chi connectivity index (χ3n) is 5.54. The average Bonchev–Trinajstić information content (AvgIpc) is 2.70. The van der Waals surface area contributed by atoms with Crippen LogP contribution in [-0.2, 0) is 14.4 Å². The SMILES string of the molecule is CCCCCCCCCCCCCCCCCC(=O)[SH](CCC(=O)O)CCC(=O)O. The number of unbranched alkanes of at least 4 members (excludes halogenated alkanes) is 14. The van der Waals surface area contributed by atoms with Crippen LogP contribution in [-0.4, -0.2) is 38.8 Å². The van der Waals surface area contributed by atoms with Gasteiger partial charge in [0.2, 0.25) is 0 Å². The number of thiol groups is 1. The molecule has 0 bridgehead atoms. The van der Waals surface area contributed by atoms with Gasteiger partial charge < -0.3 is 10.2 Å². The minimum Gasteiger partial charge on any atom is -0.481 e. The Hall–Kier alpha value is -1.04. The highest BCUT2D eigenvalue weighted by molar-refractivity contribution is 8.29. The topological polar surface area (TPSA) is 91.7 Å². The molecule has 0 atom stereocenters. The van der Waals surface area contributed by atoms with Crippen molar-refractivity contribution in [3.8, 4) is 0 Å². The number of aliphatic carboxylic acids is 2. The first-order chi connectivity index (χ1) is 14.5. The summed E-state index contributed by atoms with van der Waals surface area (Å²) in [4.78, 5) is 33.9. The van der Waals surface area contributed by atoms with Crippen molar-refractivity contribution in [1.29, 1.82) is 0 Å². The molecule has 30 heavy (non-hydrogen) atoms. The van der Waals surface area contributed by atoms with Gasteiger partial charge in [0.1, 0.15) is 0 Å². The Kier molecular flexibility index (Phi) is 20.5. The van der Waals surface area contributed by atoms with Crippen molar-refractivity contribution >= 4 is 27.9 Å². The van der Waals surface area contributed by atoms with Gasteiger partial charge in [-0.1, -0.05) is 96.8 Å². The zero-order chi connectivity index (χ0) is 22.5. The molecule has 0 fully saturated rings. The number of carboxylic acids is 2. The molecule has 0 saturated carbocycles. The molecule has 0 aromatic rings. The van der Waals surface area contributed by atoms with Gasteiger partial charge in [-0.3, -0.25) is 14.4 Å². The van der Waals surface area contributed by atoms with Gasteiger partial charge in [0.05, 0.1) is 12.8 Å². The quantitative estimate of drug-likeness (QED) is 0.127. The van der Waals surface area contributed by atoms with E-state index in [4.69, 9.17) is 10.2 Å². The lowest BCUT2D eigenvalue weighted by atomic mass is 10.0. The predicted molar refractivity (Wildman–Crippen MR) is 128 cm³/mol. The molecule has 0 rings (SSSR count). The van der Waals surface area contributed by atoms with Gasteiger partial charge in [-0.25, -0.2) is 0 Å². The van der Waals surface area contributed by atoms with Crippen molar-refractivity contribution in [2.75, 3.05) is 11.5 Å². The van der Waals surface area contributed by atoms with Gasteiger partial charge in [0, 0.05) is 6.42 Å². The van der Waals surface area contributed by atoms with Gasteiger partial charge in [0.25, 0.3) is 0 Å². The second-order valence-electron chi connectivity index (χ2n) is 8.37. The second-order valence-corrected chi connectivity index (χ2v) is 10.8. The molecule has 0 saturated heterocycles. The molecule has 178 valence electrons. The molecular weight excluding hydrogens is 400 g/mol. The summed E-state index contributed by atoms with van der Waals surface area (Å²) in [5.41, 5.74) is 0. The van der Waals surface area contributed by atoms with Crippen LogP contribution in [0.25, 0.3) is 0 Å². The first kappa shape index (κ1) is 29.0. The molecule has 0 heterocycles. The number of carbonyl (C=O) groups excluding carboxylic acids is 1. The average molecular weight is 447 g/mol. The Labute approximate surface area is 186 Å². The molecule has 6 heteroatoms. The highest BCUT2D eigenvalue weighted by atomic mass is 32.2. The molecule has 0 aliphatic carbocycles. The first-order valence-electron chi connectivity index (χ1n) is 12.2. The number of hydrogen-bond donors (Lipinski definition) is 3. The van der Waals surface area contributed by atoms with Crippen LogP contribution in [0.4, 0.5) is 0 Å². The van der Waals surface area contributed by atoms with Crippen LogP contribution < -0.4 is 0 Å². The highest BCUT2D eigenvalue weighted by Crippen LogP contribution is 2.30. The fourth-order valence-electron chi connectivity index (χ4n) is 3.63. The lowest BCUT2D eigenvalue weighted by Gasteiger charge is -2.18. The minimum absolute atomic E-state index is 0.0457. The number of rotatable bonds is 22. The summed E-state index contributed by atoms with van der Waals surface area (Å²) in [7, 11) is -1.13. The van der Waals surface area contributed by atoms with Crippen LogP contribution in [0.2, 0.25) is 0 Å². The predicted octanol–water partition coefficient (Wildman–Crippen LogP) is 6.73. The Morgan fingerprint density at radius 3 is 1.20 bits per heavy atom. The summed E-state index contributed by atoms with van der Waals surface area (Å²) in [6.45, 7) is 2.26. The van der Waals surface area contributed by atoms with E-state index in [0.29, 0.717) is 17.9 Å². The smallest absolute Gasteiger partial charge is 0.304 e. The van der Waals surface area contributed by atoms with Crippen LogP contribution in [0.3, 0.4) is 0 Å². The third kappa shape index (κ3) is 20.2. The van der Waals surface area contributed by atoms with E-state index >= 15 is 0 Å². The van der Waals surface area contributed by atoms with Gasteiger partial charge >= 0.3 is 11.9 Å². The number of hydrogen-bond acceptors (Lipinski definition) is 3. The van der Waals surface area contributed by atoms with Gasteiger partial charge in [-0.15, -0.1) is 0 Å². The molecule has 0 amide bonds. The normalized spacial score (nSPS) is 11.4. The largest absolute Gasteiger partial charge is 0.481 e. The molecule has 2 N–H and O–H groups in total. The zero-order valence-electron chi connectivity index (χ0n) is 19.2. The van der Waals surface area contributed by atoms with Crippen molar-refractivity contribution < 1.29 is 24.6 Å². The summed E-state index contributed by atoms with van der Waals surface area (Å²) >= 11 is 0. The van der Waals surface area contributed by atoms with Gasteiger partial charge in [0.15, 0.2) is 5.12 Å². The minimum atomic E-state index is -1.13. The van der Waals surface area contributed by atoms with E-state index in [1.54, 1.807) is 0 Å². The van der Waals surface area contributed by atoms with Crippen molar-refractivity contribution in [3.63, 3.8) is 0 Å². The van der Waals surface area contributed by atoms with Crippen LogP contribution in [0.15, 0.2) is 0 Å². The van der Waals surface area contributed by atoms with Crippen LogP contribution in [0.1, 0.15) is 122 Å².